The van der Waals surface area contributed by atoms with E-state index in [1.807, 2.05) is 79.0 Å². The van der Waals surface area contributed by atoms with Gasteiger partial charge < -0.3 is 18.8 Å². The summed E-state index contributed by atoms with van der Waals surface area (Å²) in [5, 5.41) is 3.19. The minimum Gasteiger partial charge on any atom is -0.500 e. The van der Waals surface area contributed by atoms with E-state index < -0.39 is 0 Å². The molecule has 0 aliphatic rings. The van der Waals surface area contributed by atoms with Crippen molar-refractivity contribution in [2.45, 2.75) is 19.8 Å². The molecule has 0 fully saturated rings. The van der Waals surface area contributed by atoms with Crippen molar-refractivity contribution in [1.82, 2.24) is 9.97 Å². The smallest absolute Gasteiger partial charge is 0.138 e. The standard InChI is InChI=1S/C28H20NO2.C11H8N.Ir/c1-17(2)19-11-12-29-24(14-19)22-10-6-9-21-23-13-20-15-25(18-7-4-3-5-8-18)30-26(20)16-27(23)31-28(21)22;1-2-6-10(7-3-1)11-8-4-5-9-12-11;/h3-9,11-17H,1-2H3;1-6,8-9H;/q2*-1;. The molecule has 0 bridgehead atoms. The maximum absolute atomic E-state index is 6.33. The Bertz CT molecular complexity index is 2110. The fourth-order valence-corrected chi connectivity index (χ4v) is 5.23. The predicted molar refractivity (Wildman–Crippen MR) is 174 cm³/mol. The summed E-state index contributed by atoms with van der Waals surface area (Å²) in [4.78, 5) is 8.81. The van der Waals surface area contributed by atoms with Crippen LogP contribution >= 0.6 is 0 Å². The van der Waals surface area contributed by atoms with Crippen molar-refractivity contribution in [3.05, 3.63) is 145 Å². The second-order valence-electron chi connectivity index (χ2n) is 10.7. The molecule has 0 amide bonds. The molecule has 44 heavy (non-hydrogen) atoms. The van der Waals surface area contributed by atoms with E-state index in [-0.39, 0.29) is 20.1 Å². The van der Waals surface area contributed by atoms with Crippen molar-refractivity contribution in [2.24, 2.45) is 0 Å². The van der Waals surface area contributed by atoms with Crippen molar-refractivity contribution in [1.29, 1.82) is 0 Å². The molecular weight excluding hydrogens is 721 g/mol. The molecule has 0 N–H and O–H groups in total. The van der Waals surface area contributed by atoms with Gasteiger partial charge in [0.25, 0.3) is 0 Å². The van der Waals surface area contributed by atoms with Crippen LogP contribution in [-0.4, -0.2) is 9.97 Å². The van der Waals surface area contributed by atoms with Crippen LogP contribution in [0.1, 0.15) is 25.3 Å². The molecule has 0 saturated carbocycles. The summed E-state index contributed by atoms with van der Waals surface area (Å²) >= 11 is 0. The minimum absolute atomic E-state index is 0. The third-order valence-corrected chi connectivity index (χ3v) is 7.49. The molecule has 8 rings (SSSR count). The van der Waals surface area contributed by atoms with Gasteiger partial charge in [-0.15, -0.1) is 54.1 Å². The van der Waals surface area contributed by atoms with Crippen molar-refractivity contribution in [3.63, 3.8) is 0 Å². The topological polar surface area (TPSA) is 52.1 Å². The number of pyridine rings is 2. The van der Waals surface area contributed by atoms with E-state index in [2.05, 4.69) is 78.4 Å². The quantitative estimate of drug-likeness (QED) is 0.168. The number of benzene rings is 4. The molecule has 4 aromatic heterocycles. The van der Waals surface area contributed by atoms with E-state index in [9.17, 15) is 0 Å². The Kier molecular flexibility index (Phi) is 8.51. The van der Waals surface area contributed by atoms with E-state index in [0.717, 1.165) is 66.7 Å². The summed E-state index contributed by atoms with van der Waals surface area (Å²) in [6.45, 7) is 4.37. The van der Waals surface area contributed by atoms with Crippen molar-refractivity contribution >= 4 is 32.9 Å². The fourth-order valence-electron chi connectivity index (χ4n) is 5.23. The monoisotopic (exact) mass is 749 g/mol. The van der Waals surface area contributed by atoms with E-state index in [1.165, 1.54) is 5.56 Å². The summed E-state index contributed by atoms with van der Waals surface area (Å²) in [5.74, 6) is 1.29. The third kappa shape index (κ3) is 5.85. The minimum atomic E-state index is 0. The Morgan fingerprint density at radius 2 is 1.45 bits per heavy atom. The van der Waals surface area contributed by atoms with Gasteiger partial charge >= 0.3 is 0 Å². The normalized spacial score (nSPS) is 11.0. The van der Waals surface area contributed by atoms with Crippen LogP contribution in [0.15, 0.2) is 136 Å². The van der Waals surface area contributed by atoms with Crippen molar-refractivity contribution in [2.75, 3.05) is 0 Å². The van der Waals surface area contributed by atoms with Crippen LogP contribution < -0.4 is 0 Å². The van der Waals surface area contributed by atoms with Gasteiger partial charge in [0, 0.05) is 54.9 Å². The summed E-state index contributed by atoms with van der Waals surface area (Å²) in [7, 11) is 0. The number of aromatic nitrogens is 2. The summed E-state index contributed by atoms with van der Waals surface area (Å²) in [6, 6.07) is 44.7. The van der Waals surface area contributed by atoms with Crippen LogP contribution in [0.4, 0.5) is 0 Å². The van der Waals surface area contributed by atoms with Crippen LogP contribution in [0.2, 0.25) is 0 Å². The Morgan fingerprint density at radius 1 is 0.636 bits per heavy atom. The zero-order valence-corrected chi connectivity index (χ0v) is 26.6. The molecule has 4 heterocycles. The largest absolute Gasteiger partial charge is 0.500 e. The molecule has 0 atom stereocenters. The zero-order chi connectivity index (χ0) is 29.2. The fraction of sp³-hybridized carbons (Fsp3) is 0.0769. The number of rotatable bonds is 4. The molecule has 8 aromatic rings. The third-order valence-electron chi connectivity index (χ3n) is 7.49. The molecule has 4 aromatic carbocycles. The Balaban J connectivity index is 0.000000222. The molecule has 0 spiro atoms. The predicted octanol–water partition coefficient (Wildman–Crippen LogP) is 10.5. The first-order valence-corrected chi connectivity index (χ1v) is 14.3. The van der Waals surface area contributed by atoms with Crippen LogP contribution in [0.5, 0.6) is 0 Å². The molecule has 0 saturated heterocycles. The van der Waals surface area contributed by atoms with Gasteiger partial charge in [-0.25, -0.2) is 0 Å². The van der Waals surface area contributed by atoms with Crippen molar-refractivity contribution < 1.29 is 28.9 Å². The van der Waals surface area contributed by atoms with Gasteiger partial charge in [0.05, 0.1) is 5.58 Å². The maximum Gasteiger partial charge on any atom is 0.138 e. The first-order chi connectivity index (χ1) is 21.1. The molecule has 0 aliphatic heterocycles. The molecule has 217 valence electrons. The van der Waals surface area contributed by atoms with Gasteiger partial charge in [0.15, 0.2) is 0 Å². The number of hydrogen-bond acceptors (Lipinski definition) is 4. The molecule has 4 nitrogen and oxygen atoms in total. The number of fused-ring (bicyclic) bond motifs is 4. The Labute approximate surface area is 269 Å². The number of furan rings is 2. The first-order valence-electron chi connectivity index (χ1n) is 14.3. The van der Waals surface area contributed by atoms with E-state index in [1.54, 1.807) is 6.20 Å². The zero-order valence-electron chi connectivity index (χ0n) is 24.2. The van der Waals surface area contributed by atoms with Crippen LogP contribution in [0.3, 0.4) is 0 Å². The Morgan fingerprint density at radius 3 is 2.23 bits per heavy atom. The SMILES string of the molecule is CC(C)c1ccnc(-c2[c-]ccc3c2oc2cc4oc(-c5ccccc5)cc4cc23)c1.[Ir].[c-]1ccccc1-c1ccccn1. The molecular formula is C39H28IrN2O2-2. The van der Waals surface area contributed by atoms with Gasteiger partial charge in [0.1, 0.15) is 16.9 Å². The second kappa shape index (κ2) is 12.8. The second-order valence-corrected chi connectivity index (χ2v) is 10.7. The van der Waals surface area contributed by atoms with Crippen molar-refractivity contribution in [3.8, 4) is 33.8 Å². The molecule has 0 unspecified atom stereocenters. The molecule has 5 heteroatoms. The Hall–Kier alpha value is -4.83. The molecule has 1 radical (unpaired) electrons. The summed E-state index contributed by atoms with van der Waals surface area (Å²) in [6.07, 6.45) is 3.65. The average Bonchev–Trinajstić information content (AvgIpc) is 3.66. The maximum atomic E-state index is 6.33. The summed E-state index contributed by atoms with van der Waals surface area (Å²) < 4.78 is 12.5. The van der Waals surface area contributed by atoms with E-state index >= 15 is 0 Å². The first kappa shape index (κ1) is 29.3. The number of hydrogen-bond donors (Lipinski definition) is 0. The van der Waals surface area contributed by atoms with Gasteiger partial charge in [-0.05, 0) is 41.6 Å². The average molecular weight is 749 g/mol. The van der Waals surface area contributed by atoms with Crippen LogP contribution in [0, 0.1) is 12.1 Å². The van der Waals surface area contributed by atoms with E-state index in [0.29, 0.717) is 5.92 Å². The summed E-state index contributed by atoms with van der Waals surface area (Å²) in [5.41, 5.74) is 8.51. The van der Waals surface area contributed by atoms with Gasteiger partial charge in [-0.1, -0.05) is 78.9 Å². The number of nitrogens with zero attached hydrogens (tertiary/aromatic N) is 2. The van der Waals surface area contributed by atoms with Gasteiger partial charge in [-0.3, -0.25) is 0 Å². The van der Waals surface area contributed by atoms with Gasteiger partial charge in [0.2, 0.25) is 0 Å². The van der Waals surface area contributed by atoms with Gasteiger partial charge in [-0.2, -0.15) is 0 Å². The molecule has 0 aliphatic carbocycles. The van der Waals surface area contributed by atoms with Crippen LogP contribution in [-0.2, 0) is 20.1 Å². The van der Waals surface area contributed by atoms with Crippen LogP contribution in [0.25, 0.3) is 66.7 Å². The van der Waals surface area contributed by atoms with E-state index in [4.69, 9.17) is 8.83 Å².